The summed E-state index contributed by atoms with van der Waals surface area (Å²) >= 11 is 1.58. The summed E-state index contributed by atoms with van der Waals surface area (Å²) < 4.78 is 6.15. The number of fused-ring (bicyclic) bond motifs is 1. The average Bonchev–Trinajstić information content (AvgIpc) is 3.22. The van der Waals surface area contributed by atoms with Crippen molar-refractivity contribution in [1.29, 1.82) is 0 Å². The van der Waals surface area contributed by atoms with E-state index >= 15 is 0 Å². The van der Waals surface area contributed by atoms with Crippen molar-refractivity contribution in [3.05, 3.63) is 52.2 Å². The van der Waals surface area contributed by atoms with Gasteiger partial charge in [0.1, 0.15) is 11.8 Å². The molecule has 3 amide bonds. The first-order chi connectivity index (χ1) is 14.4. The monoisotopic (exact) mass is 427 g/mol. The molecule has 1 aromatic heterocycles. The molecule has 2 aromatic rings. The molecule has 1 aromatic carbocycles. The molecule has 1 saturated heterocycles. The minimum Gasteiger partial charge on any atom is -0.467 e. The molecule has 7 nitrogen and oxygen atoms in total. The van der Waals surface area contributed by atoms with E-state index in [0.717, 1.165) is 4.88 Å². The lowest BCUT2D eigenvalue weighted by Crippen LogP contribution is -2.56. The Morgan fingerprint density at radius 2 is 2.00 bits per heavy atom. The smallest absolute Gasteiger partial charge is 0.258 e. The fourth-order valence-electron chi connectivity index (χ4n) is 3.98. The van der Waals surface area contributed by atoms with Gasteiger partial charge in [0.2, 0.25) is 11.8 Å². The number of hydrogen-bond acceptors (Lipinski definition) is 5. The number of amides is 3. The van der Waals surface area contributed by atoms with Crippen LogP contribution in [0.1, 0.15) is 54.4 Å². The van der Waals surface area contributed by atoms with Crippen molar-refractivity contribution in [2.45, 2.75) is 50.9 Å². The van der Waals surface area contributed by atoms with Crippen LogP contribution in [0.2, 0.25) is 0 Å². The lowest BCUT2D eigenvalue weighted by molar-refractivity contribution is -0.139. The molecule has 2 N–H and O–H groups in total. The van der Waals surface area contributed by atoms with Gasteiger partial charge in [-0.3, -0.25) is 14.4 Å². The predicted molar refractivity (Wildman–Crippen MR) is 113 cm³/mol. The first-order valence-corrected chi connectivity index (χ1v) is 11.0. The zero-order chi connectivity index (χ0) is 21.3. The number of rotatable bonds is 4. The quantitative estimate of drug-likeness (QED) is 0.786. The molecule has 30 heavy (non-hydrogen) atoms. The topological polar surface area (TPSA) is 87.7 Å². The molecule has 0 radical (unpaired) electrons. The van der Waals surface area contributed by atoms with Crippen LogP contribution in [0.15, 0.2) is 41.8 Å². The van der Waals surface area contributed by atoms with Gasteiger partial charge in [-0.15, -0.1) is 11.3 Å². The van der Waals surface area contributed by atoms with Crippen molar-refractivity contribution in [3.63, 3.8) is 0 Å². The van der Waals surface area contributed by atoms with Crippen LogP contribution in [0, 0.1) is 0 Å². The SMILES string of the molecule is C[C@H](NC(=O)[C@H](C)N1CC[C@]2(CCC1=O)NC(=O)c1ccccc1O2)c1cccs1. The highest BCUT2D eigenvalue weighted by molar-refractivity contribution is 7.10. The number of carbonyl (C=O) groups excluding carboxylic acids is 3. The van der Waals surface area contributed by atoms with Gasteiger partial charge in [0.25, 0.3) is 5.91 Å². The highest BCUT2D eigenvalue weighted by atomic mass is 32.1. The van der Waals surface area contributed by atoms with Crippen LogP contribution < -0.4 is 15.4 Å². The van der Waals surface area contributed by atoms with E-state index in [1.165, 1.54) is 0 Å². The van der Waals surface area contributed by atoms with Gasteiger partial charge in [0.15, 0.2) is 5.72 Å². The summed E-state index contributed by atoms with van der Waals surface area (Å²) in [6.45, 7) is 3.99. The van der Waals surface area contributed by atoms with Crippen LogP contribution in [-0.4, -0.2) is 40.9 Å². The molecule has 0 unspecified atom stereocenters. The summed E-state index contributed by atoms with van der Waals surface area (Å²) in [6, 6.07) is 10.3. The second-order valence-corrected chi connectivity index (χ2v) is 8.78. The van der Waals surface area contributed by atoms with Crippen LogP contribution >= 0.6 is 11.3 Å². The number of benzene rings is 1. The molecule has 4 rings (SSSR count). The van der Waals surface area contributed by atoms with E-state index < -0.39 is 11.8 Å². The molecule has 2 aliphatic rings. The van der Waals surface area contributed by atoms with Crippen molar-refractivity contribution in [1.82, 2.24) is 15.5 Å². The number of thiophene rings is 1. The average molecular weight is 428 g/mol. The van der Waals surface area contributed by atoms with Crippen molar-refractivity contribution in [3.8, 4) is 5.75 Å². The number of likely N-dealkylation sites (tertiary alicyclic amines) is 1. The van der Waals surface area contributed by atoms with E-state index in [4.69, 9.17) is 4.74 Å². The van der Waals surface area contributed by atoms with Gasteiger partial charge in [0, 0.05) is 30.7 Å². The first-order valence-electron chi connectivity index (χ1n) is 10.1. The molecule has 8 heteroatoms. The maximum Gasteiger partial charge on any atom is 0.258 e. The number of ether oxygens (including phenoxy) is 1. The molecule has 0 aliphatic carbocycles. The molecule has 1 spiro atoms. The third-order valence-corrected chi connectivity index (χ3v) is 6.83. The molecule has 3 atom stereocenters. The van der Waals surface area contributed by atoms with Crippen LogP contribution in [0.25, 0.3) is 0 Å². The summed E-state index contributed by atoms with van der Waals surface area (Å²) in [5.41, 5.74) is -0.443. The molecule has 1 fully saturated rings. The van der Waals surface area contributed by atoms with Crippen molar-refractivity contribution in [2.75, 3.05) is 6.54 Å². The lowest BCUT2D eigenvalue weighted by Gasteiger charge is -2.38. The largest absolute Gasteiger partial charge is 0.467 e. The Morgan fingerprint density at radius 1 is 1.20 bits per heavy atom. The fraction of sp³-hybridized carbons (Fsp3) is 0.409. The zero-order valence-electron chi connectivity index (χ0n) is 17.0. The van der Waals surface area contributed by atoms with E-state index in [9.17, 15) is 14.4 Å². The first kappa shape index (κ1) is 20.4. The van der Waals surface area contributed by atoms with Gasteiger partial charge < -0.3 is 20.3 Å². The normalized spacial score (nSPS) is 23.1. The number of carbonyl (C=O) groups is 3. The molecule has 0 bridgehead atoms. The van der Waals surface area contributed by atoms with Gasteiger partial charge in [-0.05, 0) is 37.4 Å². The molecule has 2 aliphatic heterocycles. The number of hydrogen-bond donors (Lipinski definition) is 2. The van der Waals surface area contributed by atoms with Crippen molar-refractivity contribution >= 4 is 29.1 Å². The van der Waals surface area contributed by atoms with Crippen molar-refractivity contribution < 1.29 is 19.1 Å². The molecular formula is C22H25N3O4S. The predicted octanol–water partition coefficient (Wildman–Crippen LogP) is 2.85. The highest BCUT2D eigenvalue weighted by Crippen LogP contribution is 2.34. The molecular weight excluding hydrogens is 402 g/mol. The Balaban J connectivity index is 1.45. The van der Waals surface area contributed by atoms with E-state index in [1.807, 2.05) is 30.5 Å². The fourth-order valence-corrected chi connectivity index (χ4v) is 4.71. The van der Waals surface area contributed by atoms with Gasteiger partial charge in [-0.2, -0.15) is 0 Å². The number of nitrogens with one attached hydrogen (secondary N) is 2. The zero-order valence-corrected chi connectivity index (χ0v) is 17.8. The maximum atomic E-state index is 12.8. The van der Waals surface area contributed by atoms with Crippen LogP contribution in [-0.2, 0) is 9.59 Å². The van der Waals surface area contributed by atoms with E-state index in [0.29, 0.717) is 30.7 Å². The minimum absolute atomic E-state index is 0.116. The summed E-state index contributed by atoms with van der Waals surface area (Å²) in [5.74, 6) is 0.0141. The van der Waals surface area contributed by atoms with Gasteiger partial charge >= 0.3 is 0 Å². The van der Waals surface area contributed by atoms with Crippen LogP contribution in [0.4, 0.5) is 0 Å². The Morgan fingerprint density at radius 3 is 2.77 bits per heavy atom. The second kappa shape index (κ2) is 8.10. The van der Waals surface area contributed by atoms with Crippen LogP contribution in [0.3, 0.4) is 0 Å². The van der Waals surface area contributed by atoms with E-state index in [2.05, 4.69) is 10.6 Å². The second-order valence-electron chi connectivity index (χ2n) is 7.81. The minimum atomic E-state index is -0.934. The molecule has 3 heterocycles. The molecule has 158 valence electrons. The Hall–Kier alpha value is -2.87. The Kier molecular flexibility index (Phi) is 5.51. The summed E-state index contributed by atoms with van der Waals surface area (Å²) in [4.78, 5) is 40.8. The summed E-state index contributed by atoms with van der Waals surface area (Å²) in [6.07, 6.45) is 0.972. The molecule has 0 saturated carbocycles. The third-order valence-electron chi connectivity index (χ3n) is 5.77. The highest BCUT2D eigenvalue weighted by Gasteiger charge is 2.43. The standard InChI is InChI=1S/C22H25N3O4S/c1-14(18-8-5-13-30-18)23-20(27)15(2)25-12-11-22(10-9-19(25)26)24-21(28)16-6-3-4-7-17(16)29-22/h3-8,13-15H,9-12H2,1-2H3,(H,23,27)(H,24,28)/t14-,15-,22+/m0/s1. The Bertz CT molecular complexity index is 961. The summed E-state index contributed by atoms with van der Waals surface area (Å²) in [5, 5.41) is 7.90. The van der Waals surface area contributed by atoms with E-state index in [1.54, 1.807) is 41.4 Å². The van der Waals surface area contributed by atoms with Gasteiger partial charge in [-0.25, -0.2) is 0 Å². The summed E-state index contributed by atoms with van der Waals surface area (Å²) in [7, 11) is 0. The van der Waals surface area contributed by atoms with Gasteiger partial charge in [0.05, 0.1) is 11.6 Å². The third kappa shape index (κ3) is 3.92. The Labute approximate surface area is 179 Å². The maximum absolute atomic E-state index is 12.8. The van der Waals surface area contributed by atoms with E-state index in [-0.39, 0.29) is 30.2 Å². The number of nitrogens with zero attached hydrogens (tertiary/aromatic N) is 1. The van der Waals surface area contributed by atoms with Gasteiger partial charge in [-0.1, -0.05) is 18.2 Å². The lowest BCUT2D eigenvalue weighted by atomic mass is 10.0. The number of para-hydroxylation sites is 1. The van der Waals surface area contributed by atoms with Crippen molar-refractivity contribution in [2.24, 2.45) is 0 Å². The van der Waals surface area contributed by atoms with Crippen LogP contribution in [0.5, 0.6) is 5.75 Å².